The van der Waals surface area contributed by atoms with Crippen LogP contribution in [0.3, 0.4) is 0 Å². The van der Waals surface area contributed by atoms with Crippen LogP contribution in [0.4, 0.5) is 18.0 Å². The van der Waals surface area contributed by atoms with E-state index in [1.54, 1.807) is 23.5 Å². The lowest BCUT2D eigenvalue weighted by Crippen LogP contribution is -2.44. The molecule has 8 heteroatoms. The molecule has 0 fully saturated rings. The minimum atomic E-state index is -4.36. The van der Waals surface area contributed by atoms with Crippen LogP contribution in [0.15, 0.2) is 35.7 Å². The Morgan fingerprint density at radius 3 is 2.70 bits per heavy atom. The van der Waals surface area contributed by atoms with E-state index < -0.39 is 12.8 Å². The number of urea groups is 1. The quantitative estimate of drug-likeness (QED) is 0.778. The van der Waals surface area contributed by atoms with Gasteiger partial charge in [0.2, 0.25) is 0 Å². The predicted octanol–water partition coefficient (Wildman–Crippen LogP) is 4.91. The summed E-state index contributed by atoms with van der Waals surface area (Å²) < 4.78 is 41.2. The third-order valence-corrected chi connectivity index (χ3v) is 5.51. The Morgan fingerprint density at radius 1 is 1.30 bits per heavy atom. The number of ether oxygens (including phenoxy) is 1. The summed E-state index contributed by atoms with van der Waals surface area (Å²) in [5.74, 6) is 0.148. The van der Waals surface area contributed by atoms with Gasteiger partial charge in [0.1, 0.15) is 5.75 Å². The molecular weight excluding hydrogens is 377 g/mol. The van der Waals surface area contributed by atoms with E-state index in [1.807, 2.05) is 4.90 Å². The van der Waals surface area contributed by atoms with Gasteiger partial charge in [0.15, 0.2) is 6.61 Å². The highest BCUT2D eigenvalue weighted by molar-refractivity contribution is 7.10. The van der Waals surface area contributed by atoms with Crippen LogP contribution in [-0.2, 0) is 13.0 Å². The third-order valence-electron chi connectivity index (χ3n) is 4.51. The van der Waals surface area contributed by atoms with Crippen LogP contribution in [0.1, 0.15) is 35.4 Å². The standard InChI is InChI=1S/C19H21F3N2O2S/c1-2-16-15-8-10-27-17(15)7-9-24(16)18(25)23-11-13-3-5-14(6-4-13)26-12-19(20,21)22/h3-6,8,10,16H,2,7,9,11-12H2,1H3,(H,23,25). The molecule has 1 aliphatic heterocycles. The number of rotatable bonds is 5. The van der Waals surface area contributed by atoms with Gasteiger partial charge >= 0.3 is 12.2 Å². The summed E-state index contributed by atoms with van der Waals surface area (Å²) in [6.07, 6.45) is -2.65. The number of halogens is 3. The summed E-state index contributed by atoms with van der Waals surface area (Å²) in [4.78, 5) is 15.8. The zero-order valence-corrected chi connectivity index (χ0v) is 15.7. The molecule has 1 atom stereocenters. The molecule has 1 aliphatic rings. The Bertz CT molecular complexity index is 774. The van der Waals surface area contributed by atoms with Gasteiger partial charge in [-0.15, -0.1) is 11.3 Å². The summed E-state index contributed by atoms with van der Waals surface area (Å²) in [5.41, 5.74) is 2.03. The van der Waals surface area contributed by atoms with Gasteiger partial charge < -0.3 is 15.0 Å². The van der Waals surface area contributed by atoms with Crippen LogP contribution in [0.2, 0.25) is 0 Å². The van der Waals surface area contributed by atoms with E-state index in [0.29, 0.717) is 13.1 Å². The lowest BCUT2D eigenvalue weighted by atomic mass is 9.98. The first-order chi connectivity index (χ1) is 12.9. The van der Waals surface area contributed by atoms with Gasteiger partial charge in [0, 0.05) is 18.0 Å². The van der Waals surface area contributed by atoms with E-state index in [9.17, 15) is 18.0 Å². The lowest BCUT2D eigenvalue weighted by Gasteiger charge is -2.35. The van der Waals surface area contributed by atoms with Gasteiger partial charge in [-0.3, -0.25) is 0 Å². The van der Waals surface area contributed by atoms with E-state index in [4.69, 9.17) is 0 Å². The first-order valence-electron chi connectivity index (χ1n) is 8.76. The largest absolute Gasteiger partial charge is 0.484 e. The number of thiophene rings is 1. The van der Waals surface area contributed by atoms with E-state index in [0.717, 1.165) is 18.4 Å². The van der Waals surface area contributed by atoms with E-state index >= 15 is 0 Å². The minimum absolute atomic E-state index is 0.0816. The second kappa shape index (κ2) is 8.21. The molecule has 1 aromatic heterocycles. The van der Waals surface area contributed by atoms with Gasteiger partial charge in [-0.25, -0.2) is 4.79 Å². The molecule has 0 bridgehead atoms. The van der Waals surface area contributed by atoms with Gasteiger partial charge in [-0.1, -0.05) is 19.1 Å². The average Bonchev–Trinajstić information content (AvgIpc) is 3.12. The maximum absolute atomic E-state index is 12.6. The summed E-state index contributed by atoms with van der Waals surface area (Å²) in [6, 6.07) is 8.29. The Labute approximate surface area is 159 Å². The highest BCUT2D eigenvalue weighted by Crippen LogP contribution is 2.35. The van der Waals surface area contributed by atoms with Crippen LogP contribution in [-0.4, -0.2) is 30.3 Å². The third kappa shape index (κ3) is 4.94. The summed E-state index contributed by atoms with van der Waals surface area (Å²) >= 11 is 1.73. The molecule has 2 heterocycles. The van der Waals surface area contributed by atoms with Crippen molar-refractivity contribution < 1.29 is 22.7 Å². The maximum atomic E-state index is 12.6. The number of fused-ring (bicyclic) bond motifs is 1. The molecule has 0 spiro atoms. The highest BCUT2D eigenvalue weighted by atomic mass is 32.1. The number of nitrogens with one attached hydrogen (secondary N) is 1. The molecule has 1 unspecified atom stereocenters. The summed E-state index contributed by atoms with van der Waals surface area (Å²) in [6.45, 7) is 1.74. The number of alkyl halides is 3. The smallest absolute Gasteiger partial charge is 0.422 e. The van der Waals surface area contributed by atoms with Gasteiger partial charge in [-0.2, -0.15) is 13.2 Å². The molecule has 27 heavy (non-hydrogen) atoms. The monoisotopic (exact) mass is 398 g/mol. The van der Waals surface area contributed by atoms with Crippen LogP contribution in [0, 0.1) is 0 Å². The number of hydrogen-bond acceptors (Lipinski definition) is 3. The molecule has 1 aromatic carbocycles. The number of hydrogen-bond donors (Lipinski definition) is 1. The van der Waals surface area contributed by atoms with Crippen molar-refractivity contribution in [3.8, 4) is 5.75 Å². The number of carbonyl (C=O) groups is 1. The van der Waals surface area contributed by atoms with Gasteiger partial charge in [0.05, 0.1) is 6.04 Å². The second-order valence-corrected chi connectivity index (χ2v) is 7.37. The van der Waals surface area contributed by atoms with E-state index in [2.05, 4.69) is 28.4 Å². The Kier molecular flexibility index (Phi) is 5.94. The summed E-state index contributed by atoms with van der Waals surface area (Å²) in [7, 11) is 0. The SMILES string of the molecule is CCC1c2ccsc2CCN1C(=O)NCc1ccc(OCC(F)(F)F)cc1. The molecule has 4 nitrogen and oxygen atoms in total. The molecule has 146 valence electrons. The molecule has 2 aromatic rings. The predicted molar refractivity (Wildman–Crippen MR) is 98.0 cm³/mol. The van der Waals surface area contributed by atoms with Crippen LogP contribution in [0.5, 0.6) is 5.75 Å². The average molecular weight is 398 g/mol. The first kappa shape index (κ1) is 19.5. The fourth-order valence-corrected chi connectivity index (χ4v) is 4.16. The minimum Gasteiger partial charge on any atom is -0.484 e. The summed E-state index contributed by atoms with van der Waals surface area (Å²) in [5, 5.41) is 4.97. The number of carbonyl (C=O) groups excluding carboxylic acids is 1. The zero-order valence-electron chi connectivity index (χ0n) is 14.9. The molecular formula is C19H21F3N2O2S. The molecule has 2 amide bonds. The lowest BCUT2D eigenvalue weighted by molar-refractivity contribution is -0.153. The number of amides is 2. The van der Waals surface area contributed by atoms with E-state index in [1.165, 1.54) is 22.6 Å². The van der Waals surface area contributed by atoms with Gasteiger partial charge in [0.25, 0.3) is 0 Å². The van der Waals surface area contributed by atoms with Crippen LogP contribution in [0.25, 0.3) is 0 Å². The van der Waals surface area contributed by atoms with Crippen LogP contribution < -0.4 is 10.1 Å². The Balaban J connectivity index is 1.55. The highest BCUT2D eigenvalue weighted by Gasteiger charge is 2.30. The number of nitrogens with zero attached hydrogens (tertiary/aromatic N) is 1. The molecule has 3 rings (SSSR count). The van der Waals surface area contributed by atoms with Crippen molar-refractivity contribution in [1.29, 1.82) is 0 Å². The normalized spacial score (nSPS) is 16.7. The van der Waals surface area contributed by atoms with E-state index in [-0.39, 0.29) is 17.8 Å². The van der Waals surface area contributed by atoms with Crippen molar-refractivity contribution in [3.63, 3.8) is 0 Å². The Hall–Kier alpha value is -2.22. The molecule has 0 radical (unpaired) electrons. The van der Waals surface area contributed by atoms with Crippen molar-refractivity contribution in [2.24, 2.45) is 0 Å². The maximum Gasteiger partial charge on any atom is 0.422 e. The van der Waals surface area contributed by atoms with Crippen LogP contribution >= 0.6 is 11.3 Å². The van der Waals surface area contributed by atoms with Crippen molar-refractivity contribution in [2.45, 2.75) is 38.5 Å². The second-order valence-electron chi connectivity index (χ2n) is 6.37. The van der Waals surface area contributed by atoms with Gasteiger partial charge in [-0.05, 0) is 47.5 Å². The number of benzene rings is 1. The molecule has 1 N–H and O–H groups in total. The van der Waals surface area contributed by atoms with Crippen molar-refractivity contribution >= 4 is 17.4 Å². The fourth-order valence-electron chi connectivity index (χ4n) is 3.23. The zero-order chi connectivity index (χ0) is 19.4. The van der Waals surface area contributed by atoms with Crippen molar-refractivity contribution in [2.75, 3.05) is 13.2 Å². The first-order valence-corrected chi connectivity index (χ1v) is 9.64. The fraction of sp³-hybridized carbons (Fsp3) is 0.421. The van der Waals surface area contributed by atoms with Crippen molar-refractivity contribution in [3.05, 3.63) is 51.7 Å². The molecule has 0 saturated heterocycles. The van der Waals surface area contributed by atoms with Crippen molar-refractivity contribution in [1.82, 2.24) is 10.2 Å². The topological polar surface area (TPSA) is 41.6 Å². The molecule has 0 aliphatic carbocycles. The molecule has 0 saturated carbocycles. The Morgan fingerprint density at radius 2 is 2.04 bits per heavy atom.